The van der Waals surface area contributed by atoms with Crippen LogP contribution in [0.3, 0.4) is 0 Å². The fourth-order valence-corrected chi connectivity index (χ4v) is 5.22. The lowest BCUT2D eigenvalue weighted by molar-refractivity contribution is 0.0319. The van der Waals surface area contributed by atoms with Crippen molar-refractivity contribution in [1.29, 1.82) is 0 Å². The van der Waals surface area contributed by atoms with Crippen molar-refractivity contribution in [2.45, 2.75) is 43.9 Å². The topological polar surface area (TPSA) is 12.5 Å². The van der Waals surface area contributed by atoms with Crippen molar-refractivity contribution in [3.05, 3.63) is 42.0 Å². The largest absolute Gasteiger partial charge is 0.365 e. The number of nitrogens with zero attached hydrogens (tertiary/aromatic N) is 1. The van der Waals surface area contributed by atoms with Crippen molar-refractivity contribution in [2.75, 3.05) is 11.4 Å². The van der Waals surface area contributed by atoms with Crippen LogP contribution in [0.1, 0.15) is 24.8 Å². The van der Waals surface area contributed by atoms with E-state index < -0.39 is 0 Å². The van der Waals surface area contributed by atoms with Gasteiger partial charge in [0.2, 0.25) is 0 Å². The van der Waals surface area contributed by atoms with Crippen LogP contribution in [0.25, 0.3) is 0 Å². The van der Waals surface area contributed by atoms with Crippen LogP contribution in [-0.4, -0.2) is 24.3 Å². The molecule has 20 heavy (non-hydrogen) atoms. The highest BCUT2D eigenvalue weighted by atomic mass is 16.5. The van der Waals surface area contributed by atoms with E-state index in [4.69, 9.17) is 4.74 Å². The quantitative estimate of drug-likeness (QED) is 0.724. The third kappa shape index (κ3) is 1.28. The molecule has 1 spiro atoms. The fraction of sp³-hybridized carbons (Fsp3) is 0.556. The van der Waals surface area contributed by atoms with Gasteiger partial charge in [-0.15, -0.1) is 0 Å². The Kier molecular flexibility index (Phi) is 2.09. The van der Waals surface area contributed by atoms with Crippen LogP contribution in [0.5, 0.6) is 0 Å². The van der Waals surface area contributed by atoms with E-state index >= 15 is 0 Å². The van der Waals surface area contributed by atoms with Crippen LogP contribution in [0.4, 0.5) is 5.69 Å². The van der Waals surface area contributed by atoms with Crippen molar-refractivity contribution >= 4 is 5.69 Å². The van der Waals surface area contributed by atoms with Crippen LogP contribution < -0.4 is 4.90 Å². The summed E-state index contributed by atoms with van der Waals surface area (Å²) in [7, 11) is 0. The van der Waals surface area contributed by atoms with Crippen molar-refractivity contribution < 1.29 is 4.74 Å². The number of benzene rings is 1. The molecule has 1 aromatic rings. The molecule has 2 saturated heterocycles. The van der Waals surface area contributed by atoms with E-state index in [0.29, 0.717) is 12.1 Å². The molecule has 3 heterocycles. The Hall–Kier alpha value is -1.28. The van der Waals surface area contributed by atoms with Gasteiger partial charge in [-0.2, -0.15) is 0 Å². The minimum atomic E-state index is 0.0330. The Morgan fingerprint density at radius 3 is 2.90 bits per heavy atom. The van der Waals surface area contributed by atoms with Gasteiger partial charge < -0.3 is 9.64 Å². The van der Waals surface area contributed by atoms with Gasteiger partial charge in [-0.3, -0.25) is 0 Å². The molecule has 5 rings (SSSR count). The summed E-state index contributed by atoms with van der Waals surface area (Å²) >= 11 is 0. The van der Waals surface area contributed by atoms with E-state index in [1.807, 2.05) is 0 Å². The monoisotopic (exact) mass is 267 g/mol. The minimum Gasteiger partial charge on any atom is -0.365 e. The van der Waals surface area contributed by atoms with Crippen LogP contribution >= 0.6 is 0 Å². The number of fused-ring (bicyclic) bond motifs is 2. The van der Waals surface area contributed by atoms with Gasteiger partial charge in [-0.25, -0.2) is 0 Å². The van der Waals surface area contributed by atoms with Gasteiger partial charge in [0.15, 0.2) is 0 Å². The van der Waals surface area contributed by atoms with Crippen LogP contribution in [0, 0.1) is 18.8 Å². The summed E-state index contributed by atoms with van der Waals surface area (Å²) in [5.74, 6) is 1.50. The average molecular weight is 267 g/mol. The molecule has 104 valence electrons. The molecule has 5 atom stereocenters. The molecule has 0 radical (unpaired) electrons. The SMILES string of the molecule is Cc1ccc(N2C[C@@]34C=C[C@@H](O3)C3CCCC2C34)cc1. The van der Waals surface area contributed by atoms with Crippen molar-refractivity contribution in [1.82, 2.24) is 0 Å². The number of hydrogen-bond acceptors (Lipinski definition) is 2. The van der Waals surface area contributed by atoms with Crippen molar-refractivity contribution in [3.63, 3.8) is 0 Å². The summed E-state index contributed by atoms with van der Waals surface area (Å²) in [4.78, 5) is 2.63. The molecule has 0 aromatic heterocycles. The molecule has 2 nitrogen and oxygen atoms in total. The minimum absolute atomic E-state index is 0.0330. The molecule has 3 fully saturated rings. The normalized spacial score (nSPS) is 44.1. The molecule has 4 aliphatic rings. The predicted octanol–water partition coefficient (Wildman–Crippen LogP) is 3.31. The van der Waals surface area contributed by atoms with Gasteiger partial charge in [0.05, 0.1) is 12.6 Å². The second-order valence-electron chi connectivity index (χ2n) is 7.05. The van der Waals surface area contributed by atoms with Crippen molar-refractivity contribution in [2.24, 2.45) is 11.8 Å². The maximum absolute atomic E-state index is 6.42. The zero-order valence-corrected chi connectivity index (χ0v) is 12.0. The van der Waals surface area contributed by atoms with E-state index in [1.165, 1.54) is 30.5 Å². The summed E-state index contributed by atoms with van der Waals surface area (Å²) < 4.78 is 6.42. The Morgan fingerprint density at radius 2 is 2.05 bits per heavy atom. The lowest BCUT2D eigenvalue weighted by Crippen LogP contribution is -2.41. The van der Waals surface area contributed by atoms with E-state index in [0.717, 1.165) is 18.4 Å². The second kappa shape index (κ2) is 3.67. The lowest BCUT2D eigenvalue weighted by atomic mass is 9.68. The van der Waals surface area contributed by atoms with Gasteiger partial charge in [0.1, 0.15) is 5.60 Å². The number of anilines is 1. The van der Waals surface area contributed by atoms with Gasteiger partial charge in [-0.05, 0) is 37.8 Å². The Balaban J connectivity index is 1.57. The van der Waals surface area contributed by atoms with Gasteiger partial charge >= 0.3 is 0 Å². The molecular weight excluding hydrogens is 246 g/mol. The molecule has 0 N–H and O–H groups in total. The highest BCUT2D eigenvalue weighted by Crippen LogP contribution is 2.58. The first-order chi connectivity index (χ1) is 9.77. The van der Waals surface area contributed by atoms with Crippen LogP contribution in [0.15, 0.2) is 36.4 Å². The van der Waals surface area contributed by atoms with Crippen LogP contribution in [-0.2, 0) is 4.74 Å². The molecule has 3 aliphatic heterocycles. The molecule has 1 aliphatic carbocycles. The molecular formula is C18H21NO. The highest BCUT2D eigenvalue weighted by Gasteiger charge is 2.65. The first kappa shape index (κ1) is 11.4. The summed E-state index contributed by atoms with van der Waals surface area (Å²) in [6.45, 7) is 3.21. The van der Waals surface area contributed by atoms with E-state index in [1.54, 1.807) is 0 Å². The fourth-order valence-electron chi connectivity index (χ4n) is 5.22. The van der Waals surface area contributed by atoms with Gasteiger partial charge in [-0.1, -0.05) is 36.3 Å². The molecule has 2 heteroatoms. The Labute approximate surface area is 120 Å². The number of hydrogen-bond donors (Lipinski definition) is 0. The third-order valence-electron chi connectivity index (χ3n) is 6.01. The van der Waals surface area contributed by atoms with Gasteiger partial charge in [0, 0.05) is 17.6 Å². The molecule has 2 bridgehead atoms. The standard InChI is InChI=1S/C18H21NO/c1-12-5-7-13(8-6-12)19-11-18-10-9-16(20-18)14-3-2-4-15(19)17(14)18/h5-10,14-17H,2-4,11H2,1H3/t14?,15?,16-,17?,18-/m1/s1. The van der Waals surface area contributed by atoms with E-state index in [9.17, 15) is 0 Å². The van der Waals surface area contributed by atoms with E-state index in [2.05, 4.69) is 48.2 Å². The number of rotatable bonds is 1. The first-order valence-electron chi connectivity index (χ1n) is 7.97. The molecule has 0 amide bonds. The predicted molar refractivity (Wildman–Crippen MR) is 79.9 cm³/mol. The Bertz CT molecular complexity index is 578. The number of ether oxygens (including phenoxy) is 1. The van der Waals surface area contributed by atoms with Crippen molar-refractivity contribution in [3.8, 4) is 0 Å². The summed E-state index contributed by atoms with van der Waals surface area (Å²) in [5.41, 5.74) is 2.75. The van der Waals surface area contributed by atoms with Gasteiger partial charge in [0.25, 0.3) is 0 Å². The molecule has 1 aromatic carbocycles. The maximum atomic E-state index is 6.42. The second-order valence-corrected chi connectivity index (χ2v) is 7.05. The average Bonchev–Trinajstić information content (AvgIpc) is 3.12. The first-order valence-corrected chi connectivity index (χ1v) is 7.97. The highest BCUT2D eigenvalue weighted by molar-refractivity contribution is 5.53. The molecule has 3 unspecified atom stereocenters. The summed E-state index contributed by atoms with van der Waals surface area (Å²) in [6, 6.07) is 9.72. The zero-order chi connectivity index (χ0) is 13.3. The number of aryl methyl sites for hydroxylation is 1. The molecule has 1 saturated carbocycles. The lowest BCUT2D eigenvalue weighted by Gasteiger charge is -2.37. The summed E-state index contributed by atoms with van der Waals surface area (Å²) in [6.07, 6.45) is 9.19. The van der Waals surface area contributed by atoms with Crippen LogP contribution in [0.2, 0.25) is 0 Å². The third-order valence-corrected chi connectivity index (χ3v) is 6.01. The summed E-state index contributed by atoms with van der Waals surface area (Å²) in [5, 5.41) is 0. The van der Waals surface area contributed by atoms with E-state index in [-0.39, 0.29) is 5.60 Å². The maximum Gasteiger partial charge on any atom is 0.110 e. The zero-order valence-electron chi connectivity index (χ0n) is 12.0. The Morgan fingerprint density at radius 1 is 1.20 bits per heavy atom. The smallest absolute Gasteiger partial charge is 0.110 e.